The molecule has 49 heavy (non-hydrogen) atoms. The van der Waals surface area contributed by atoms with Crippen molar-refractivity contribution in [1.82, 2.24) is 9.88 Å². The number of carbonyl (C=O) groups is 4. The van der Waals surface area contributed by atoms with Crippen molar-refractivity contribution in [1.29, 1.82) is 0 Å². The first-order chi connectivity index (χ1) is 22.7. The number of rotatable bonds is 10. The molecular weight excluding hydrogens is 695 g/mol. The third-order valence-electron chi connectivity index (χ3n) is 8.02. The minimum atomic E-state index is -1.56. The summed E-state index contributed by atoms with van der Waals surface area (Å²) in [4.78, 5) is 63.1. The van der Waals surface area contributed by atoms with E-state index in [1.807, 2.05) is 0 Å². The van der Waals surface area contributed by atoms with E-state index in [1.165, 1.54) is 36.4 Å². The number of pyridine rings is 1. The lowest BCUT2D eigenvalue weighted by molar-refractivity contribution is -0.141. The van der Waals surface area contributed by atoms with Crippen LogP contribution in [0.4, 0.5) is 14.9 Å². The molecule has 0 spiro atoms. The number of benzene rings is 1. The Kier molecular flexibility index (Phi) is 11.2. The van der Waals surface area contributed by atoms with Gasteiger partial charge in [0.05, 0.1) is 30.3 Å². The number of amidine groups is 1. The van der Waals surface area contributed by atoms with Crippen LogP contribution in [0.15, 0.2) is 35.5 Å². The van der Waals surface area contributed by atoms with Crippen LogP contribution in [0.1, 0.15) is 60.5 Å². The zero-order valence-electron chi connectivity index (χ0n) is 29.1. The van der Waals surface area contributed by atoms with Crippen LogP contribution in [0, 0.1) is 11.7 Å². The summed E-state index contributed by atoms with van der Waals surface area (Å²) in [5.41, 5.74) is -2.97. The molecule has 0 saturated heterocycles. The topological polar surface area (TPSA) is 146 Å². The summed E-state index contributed by atoms with van der Waals surface area (Å²) in [6, 6.07) is 6.21. The van der Waals surface area contributed by atoms with Crippen molar-refractivity contribution < 1.29 is 42.5 Å². The molecule has 0 unspecified atom stereocenters. The molecule has 1 saturated carbocycles. The van der Waals surface area contributed by atoms with Gasteiger partial charge in [0, 0.05) is 38.0 Å². The molecule has 1 aliphatic carbocycles. The Balaban J connectivity index is 1.86. The Morgan fingerprint density at radius 3 is 2.41 bits per heavy atom. The number of thioether (sulfide) groups is 1. The van der Waals surface area contributed by atoms with Crippen LogP contribution in [0.3, 0.4) is 0 Å². The third-order valence-corrected chi connectivity index (χ3v) is 11.4. The molecule has 1 aromatic carbocycles. The van der Waals surface area contributed by atoms with Gasteiger partial charge in [-0.3, -0.25) is 14.6 Å². The molecule has 16 heteroatoms. The lowest BCUT2D eigenvalue weighted by Crippen LogP contribution is -2.47. The molecule has 2 aromatic rings. The number of carbonyl (C=O) groups excluding carboxylic acids is 4. The van der Waals surface area contributed by atoms with Gasteiger partial charge in [0.25, 0.3) is 5.91 Å². The van der Waals surface area contributed by atoms with Gasteiger partial charge in [-0.25, -0.2) is 23.9 Å². The number of hydrogen-bond donors (Lipinski definition) is 1. The Hall–Kier alpha value is -3.53. The molecule has 1 aromatic heterocycles. The molecule has 12 nitrogen and oxygen atoms in total. The van der Waals surface area contributed by atoms with E-state index in [0.29, 0.717) is 11.6 Å². The van der Waals surface area contributed by atoms with Crippen LogP contribution in [0.2, 0.25) is 30.7 Å². The number of fused-ring (bicyclic) bond motifs is 1. The standard InChI is InChI=1S/C33H42ClFN4O8SSi/c1-31(2,3)47-30(43)39(18-46-12-13-49(7,8)9)29-38-32(4,24-16-33(24,48-29)28(42)45-6)22-15-20(14-21(25(22)35)27(41)44-5)37-26(40)23-11-10-19(34)17-36-23/h10-11,14-15,17,24H,12-13,16,18H2,1-9H3,(H,37,40)/t24-,32+,33-/m0/s1. The van der Waals surface area contributed by atoms with Crippen LogP contribution in [0.5, 0.6) is 0 Å². The van der Waals surface area contributed by atoms with Crippen LogP contribution < -0.4 is 5.32 Å². The molecule has 266 valence electrons. The van der Waals surface area contributed by atoms with Gasteiger partial charge in [0.2, 0.25) is 0 Å². The molecule has 0 radical (unpaired) electrons. The fourth-order valence-corrected chi connectivity index (χ4v) is 7.80. The maximum Gasteiger partial charge on any atom is 0.418 e. The first-order valence-corrected chi connectivity index (χ1v) is 20.5. The second kappa shape index (κ2) is 14.4. The van der Waals surface area contributed by atoms with Crippen molar-refractivity contribution in [3.8, 4) is 0 Å². The van der Waals surface area contributed by atoms with Crippen molar-refractivity contribution in [2.24, 2.45) is 10.9 Å². The molecule has 2 aliphatic rings. The van der Waals surface area contributed by atoms with Crippen molar-refractivity contribution in [2.75, 3.05) is 32.9 Å². The molecule has 1 fully saturated rings. The highest BCUT2D eigenvalue weighted by atomic mass is 35.5. The molecular formula is C33H42ClFN4O8SSi. The van der Waals surface area contributed by atoms with Crippen LogP contribution in [-0.2, 0) is 29.3 Å². The van der Waals surface area contributed by atoms with Gasteiger partial charge >= 0.3 is 18.0 Å². The van der Waals surface area contributed by atoms with Crippen molar-refractivity contribution >= 4 is 66.2 Å². The Labute approximate surface area is 295 Å². The first-order valence-electron chi connectivity index (χ1n) is 15.6. The quantitative estimate of drug-likeness (QED) is 0.0918. The predicted molar refractivity (Wildman–Crippen MR) is 187 cm³/mol. The number of esters is 2. The summed E-state index contributed by atoms with van der Waals surface area (Å²) < 4.78 is 37.0. The lowest BCUT2D eigenvalue weighted by atomic mass is 9.84. The van der Waals surface area contributed by atoms with Crippen molar-refractivity contribution in [3.05, 3.63) is 58.1 Å². The number of nitrogens with zero attached hydrogens (tertiary/aromatic N) is 3. The fourth-order valence-electron chi connectivity index (χ4n) is 5.34. The van der Waals surface area contributed by atoms with E-state index in [-0.39, 0.29) is 35.3 Å². The number of halogens is 2. The van der Waals surface area contributed by atoms with E-state index in [1.54, 1.807) is 27.7 Å². The summed E-state index contributed by atoms with van der Waals surface area (Å²) in [5, 5.41) is 3.02. The molecule has 1 N–H and O–H groups in total. The summed E-state index contributed by atoms with van der Waals surface area (Å²) in [6.07, 6.45) is 0.735. The molecule has 3 atom stereocenters. The molecule has 2 heterocycles. The monoisotopic (exact) mass is 736 g/mol. The lowest BCUT2D eigenvalue weighted by Gasteiger charge is -2.37. The number of aliphatic imine (C=N–C) groups is 1. The second-order valence-corrected chi connectivity index (χ2v) is 21.6. The van der Waals surface area contributed by atoms with Gasteiger partial charge < -0.3 is 24.3 Å². The highest BCUT2D eigenvalue weighted by Gasteiger charge is 2.72. The van der Waals surface area contributed by atoms with E-state index < -0.39 is 65.2 Å². The number of nitrogens with one attached hydrogen (secondary N) is 1. The number of aromatic nitrogens is 1. The maximum absolute atomic E-state index is 16.5. The average Bonchev–Trinajstić information content (AvgIpc) is 3.77. The van der Waals surface area contributed by atoms with E-state index in [0.717, 1.165) is 31.0 Å². The largest absolute Gasteiger partial charge is 0.468 e. The smallest absolute Gasteiger partial charge is 0.418 e. The minimum Gasteiger partial charge on any atom is -0.468 e. The Morgan fingerprint density at radius 2 is 1.84 bits per heavy atom. The van der Waals surface area contributed by atoms with Crippen molar-refractivity contribution in [3.63, 3.8) is 0 Å². The third kappa shape index (κ3) is 8.62. The second-order valence-electron chi connectivity index (χ2n) is 14.2. The molecule has 4 rings (SSSR count). The summed E-state index contributed by atoms with van der Waals surface area (Å²) in [5.74, 6) is -3.83. The van der Waals surface area contributed by atoms with Gasteiger partial charge in [0.15, 0.2) is 5.17 Å². The van der Waals surface area contributed by atoms with Crippen LogP contribution in [0.25, 0.3) is 0 Å². The number of methoxy groups -OCH3 is 2. The van der Waals surface area contributed by atoms with Crippen molar-refractivity contribution in [2.45, 2.75) is 75.7 Å². The van der Waals surface area contributed by atoms with E-state index >= 15 is 4.39 Å². The van der Waals surface area contributed by atoms with Crippen LogP contribution in [-0.4, -0.2) is 85.0 Å². The fraction of sp³-hybridized carbons (Fsp3) is 0.515. The van der Waals surface area contributed by atoms with E-state index in [9.17, 15) is 19.2 Å². The highest BCUT2D eigenvalue weighted by molar-refractivity contribution is 8.15. The highest BCUT2D eigenvalue weighted by Crippen LogP contribution is 2.67. The number of hydrogen-bond acceptors (Lipinski definition) is 11. The Bertz CT molecular complexity index is 1670. The van der Waals surface area contributed by atoms with Crippen LogP contribution >= 0.6 is 23.4 Å². The zero-order valence-corrected chi connectivity index (χ0v) is 31.6. The van der Waals surface area contributed by atoms with Gasteiger partial charge in [-0.2, -0.15) is 0 Å². The molecule has 1 aliphatic heterocycles. The number of amides is 2. The minimum absolute atomic E-state index is 0.0181. The summed E-state index contributed by atoms with van der Waals surface area (Å²) >= 11 is 6.94. The zero-order chi connectivity index (χ0) is 36.5. The normalized spacial score (nSPS) is 21.5. The Morgan fingerprint density at radius 1 is 1.14 bits per heavy atom. The summed E-state index contributed by atoms with van der Waals surface area (Å²) in [6.45, 7) is 13.5. The molecule has 0 bridgehead atoms. The predicted octanol–water partition coefficient (Wildman–Crippen LogP) is 6.71. The van der Waals surface area contributed by atoms with E-state index in [2.05, 4.69) is 29.9 Å². The van der Waals surface area contributed by atoms with E-state index in [4.69, 9.17) is 35.5 Å². The number of ether oxygens (including phenoxy) is 4. The van der Waals surface area contributed by atoms with Gasteiger partial charge in [-0.15, -0.1) is 0 Å². The van der Waals surface area contributed by atoms with Gasteiger partial charge in [0.1, 0.15) is 28.6 Å². The average molecular weight is 737 g/mol. The summed E-state index contributed by atoms with van der Waals surface area (Å²) in [7, 11) is 0.870. The molecule has 2 amide bonds. The van der Waals surface area contributed by atoms with Gasteiger partial charge in [-0.05, 0) is 64.4 Å². The number of anilines is 1. The SMILES string of the molecule is COC(=O)c1cc(NC(=O)c2ccc(Cl)cn2)cc([C@@]2(C)N=C(N(COCC[Si](C)(C)C)C(=O)OC(C)(C)C)S[C@@]3(C(=O)OC)C[C@H]32)c1F. The maximum atomic E-state index is 16.5. The van der Waals surface area contributed by atoms with Gasteiger partial charge in [-0.1, -0.05) is 43.0 Å². The first kappa shape index (κ1) is 38.3.